The molecular formula is C14H17N3O3. The summed E-state index contributed by atoms with van der Waals surface area (Å²) in [6.45, 7) is 1.64. The number of aliphatic hydroxyl groups excluding tert-OH is 1. The second kappa shape index (κ2) is 6.21. The van der Waals surface area contributed by atoms with Crippen molar-refractivity contribution in [2.75, 3.05) is 6.61 Å². The summed E-state index contributed by atoms with van der Waals surface area (Å²) in [5.74, 6) is -0.141. The van der Waals surface area contributed by atoms with Crippen LogP contribution in [-0.4, -0.2) is 39.0 Å². The van der Waals surface area contributed by atoms with Crippen LogP contribution in [0.3, 0.4) is 0 Å². The third-order valence-corrected chi connectivity index (χ3v) is 2.91. The molecule has 0 aliphatic carbocycles. The van der Waals surface area contributed by atoms with Gasteiger partial charge in [0.1, 0.15) is 11.4 Å². The minimum Gasteiger partial charge on any atom is -0.508 e. The topological polar surface area (TPSA) is 98.2 Å². The molecule has 0 aliphatic heterocycles. The van der Waals surface area contributed by atoms with Crippen LogP contribution in [0.15, 0.2) is 30.3 Å². The molecule has 2 aromatic rings. The lowest BCUT2D eigenvalue weighted by molar-refractivity contribution is 0.0911. The van der Waals surface area contributed by atoms with E-state index < -0.39 is 6.04 Å². The molecule has 0 fully saturated rings. The van der Waals surface area contributed by atoms with Gasteiger partial charge in [0.15, 0.2) is 0 Å². The monoisotopic (exact) mass is 275 g/mol. The Hall–Kier alpha value is -2.34. The number of aryl methyl sites for hydroxylation is 1. The Bertz CT molecular complexity index is 578. The number of phenolic OH excluding ortho intramolecular Hbond substituents is 1. The Morgan fingerprint density at radius 1 is 1.40 bits per heavy atom. The van der Waals surface area contributed by atoms with Crippen LogP contribution >= 0.6 is 0 Å². The van der Waals surface area contributed by atoms with Crippen LogP contribution < -0.4 is 5.32 Å². The Balaban J connectivity index is 1.98. The standard InChI is InChI=1S/C14H17N3O3/c1-9-6-13(17-16-9)14(20)15-11(8-18)7-10-2-4-12(19)5-3-10/h2-6,11,18-19H,7-8H2,1H3,(H,15,20)(H,16,17)/t11-/m0/s1. The van der Waals surface area contributed by atoms with Gasteiger partial charge in [-0.2, -0.15) is 5.10 Å². The zero-order valence-corrected chi connectivity index (χ0v) is 11.1. The molecule has 0 aliphatic rings. The molecule has 106 valence electrons. The highest BCUT2D eigenvalue weighted by atomic mass is 16.3. The van der Waals surface area contributed by atoms with E-state index in [0.29, 0.717) is 12.1 Å². The number of hydrogen-bond acceptors (Lipinski definition) is 4. The van der Waals surface area contributed by atoms with Crippen molar-refractivity contribution in [3.8, 4) is 5.75 Å². The average molecular weight is 275 g/mol. The average Bonchev–Trinajstić information content (AvgIpc) is 2.87. The first-order chi connectivity index (χ1) is 9.58. The van der Waals surface area contributed by atoms with Gasteiger partial charge in [-0.25, -0.2) is 0 Å². The lowest BCUT2D eigenvalue weighted by Gasteiger charge is -2.15. The van der Waals surface area contributed by atoms with Crippen LogP contribution in [0.1, 0.15) is 21.7 Å². The van der Waals surface area contributed by atoms with E-state index in [1.54, 1.807) is 30.3 Å². The number of hydrogen-bond donors (Lipinski definition) is 4. The van der Waals surface area contributed by atoms with E-state index in [4.69, 9.17) is 0 Å². The highest BCUT2D eigenvalue weighted by Gasteiger charge is 2.15. The van der Waals surface area contributed by atoms with Crippen molar-refractivity contribution in [1.29, 1.82) is 0 Å². The summed E-state index contributed by atoms with van der Waals surface area (Å²) in [6, 6.07) is 7.89. The number of carbonyl (C=O) groups excluding carboxylic acids is 1. The van der Waals surface area contributed by atoms with Crippen LogP contribution in [0.25, 0.3) is 0 Å². The predicted octanol–water partition coefficient (Wildman–Crippen LogP) is 0.757. The van der Waals surface area contributed by atoms with E-state index in [2.05, 4.69) is 15.5 Å². The van der Waals surface area contributed by atoms with E-state index in [0.717, 1.165) is 11.3 Å². The zero-order chi connectivity index (χ0) is 14.5. The molecule has 0 saturated carbocycles. The van der Waals surface area contributed by atoms with Gasteiger partial charge in [0, 0.05) is 5.69 Å². The molecule has 1 atom stereocenters. The first-order valence-electron chi connectivity index (χ1n) is 6.30. The molecule has 1 aromatic heterocycles. The minimum absolute atomic E-state index is 0.171. The molecule has 0 bridgehead atoms. The van der Waals surface area contributed by atoms with Crippen LogP contribution in [-0.2, 0) is 6.42 Å². The molecule has 2 rings (SSSR count). The summed E-state index contributed by atoms with van der Waals surface area (Å²) in [5.41, 5.74) is 2.02. The summed E-state index contributed by atoms with van der Waals surface area (Å²) in [5, 5.41) is 27.9. The van der Waals surface area contributed by atoms with Gasteiger partial charge in [-0.05, 0) is 37.1 Å². The van der Waals surface area contributed by atoms with Gasteiger partial charge in [0.05, 0.1) is 12.6 Å². The molecule has 0 saturated heterocycles. The number of aliphatic hydroxyl groups is 1. The van der Waals surface area contributed by atoms with Gasteiger partial charge in [-0.15, -0.1) is 0 Å². The summed E-state index contributed by atoms with van der Waals surface area (Å²) >= 11 is 0. The van der Waals surface area contributed by atoms with Crippen molar-refractivity contribution < 1.29 is 15.0 Å². The number of aromatic nitrogens is 2. The Labute approximate surface area is 116 Å². The molecular weight excluding hydrogens is 258 g/mol. The molecule has 1 aromatic carbocycles. The maximum Gasteiger partial charge on any atom is 0.272 e. The number of rotatable bonds is 5. The van der Waals surface area contributed by atoms with Crippen LogP contribution in [0, 0.1) is 6.92 Å². The van der Waals surface area contributed by atoms with E-state index in [9.17, 15) is 15.0 Å². The van der Waals surface area contributed by atoms with Crippen LogP contribution in [0.2, 0.25) is 0 Å². The number of amides is 1. The molecule has 0 unspecified atom stereocenters. The van der Waals surface area contributed by atoms with Crippen molar-refractivity contribution in [1.82, 2.24) is 15.5 Å². The van der Waals surface area contributed by atoms with Gasteiger partial charge >= 0.3 is 0 Å². The first kappa shape index (κ1) is 14.1. The van der Waals surface area contributed by atoms with Crippen molar-refractivity contribution in [3.05, 3.63) is 47.3 Å². The normalized spacial score (nSPS) is 12.1. The zero-order valence-electron chi connectivity index (χ0n) is 11.1. The minimum atomic E-state index is -0.399. The quantitative estimate of drug-likeness (QED) is 0.647. The molecule has 0 radical (unpaired) electrons. The van der Waals surface area contributed by atoms with E-state index in [1.807, 2.05) is 6.92 Å². The van der Waals surface area contributed by atoms with Crippen molar-refractivity contribution in [2.45, 2.75) is 19.4 Å². The predicted molar refractivity (Wildman–Crippen MR) is 73.5 cm³/mol. The van der Waals surface area contributed by atoms with E-state index >= 15 is 0 Å². The van der Waals surface area contributed by atoms with Crippen molar-refractivity contribution in [3.63, 3.8) is 0 Å². The van der Waals surface area contributed by atoms with Crippen LogP contribution in [0.4, 0.5) is 0 Å². The van der Waals surface area contributed by atoms with Gasteiger partial charge in [0.25, 0.3) is 5.91 Å². The summed E-state index contributed by atoms with van der Waals surface area (Å²) in [7, 11) is 0. The number of nitrogens with one attached hydrogen (secondary N) is 2. The number of aromatic hydroxyl groups is 1. The fourth-order valence-electron chi connectivity index (χ4n) is 1.87. The largest absolute Gasteiger partial charge is 0.508 e. The summed E-state index contributed by atoms with van der Waals surface area (Å²) in [6.07, 6.45) is 0.478. The number of H-pyrrole nitrogens is 1. The maximum absolute atomic E-state index is 11.9. The van der Waals surface area contributed by atoms with Gasteiger partial charge in [-0.3, -0.25) is 9.89 Å². The van der Waals surface area contributed by atoms with E-state index in [1.165, 1.54) is 0 Å². The number of benzene rings is 1. The molecule has 0 spiro atoms. The Morgan fingerprint density at radius 2 is 2.10 bits per heavy atom. The number of phenols is 1. The lowest BCUT2D eigenvalue weighted by atomic mass is 10.1. The number of nitrogens with zero attached hydrogens (tertiary/aromatic N) is 1. The molecule has 1 amide bonds. The third kappa shape index (κ3) is 3.58. The first-order valence-corrected chi connectivity index (χ1v) is 6.30. The maximum atomic E-state index is 11.9. The smallest absolute Gasteiger partial charge is 0.272 e. The summed E-state index contributed by atoms with van der Waals surface area (Å²) in [4.78, 5) is 11.9. The Kier molecular flexibility index (Phi) is 4.37. The lowest BCUT2D eigenvalue weighted by Crippen LogP contribution is -2.39. The van der Waals surface area contributed by atoms with Crippen LogP contribution in [0.5, 0.6) is 5.75 Å². The number of aromatic amines is 1. The highest BCUT2D eigenvalue weighted by Crippen LogP contribution is 2.11. The molecule has 6 heteroatoms. The Morgan fingerprint density at radius 3 is 2.65 bits per heavy atom. The fraction of sp³-hybridized carbons (Fsp3) is 0.286. The number of carbonyl (C=O) groups is 1. The molecule has 4 N–H and O–H groups in total. The fourth-order valence-corrected chi connectivity index (χ4v) is 1.87. The molecule has 6 nitrogen and oxygen atoms in total. The SMILES string of the molecule is Cc1cc(C(=O)N[C@H](CO)Cc2ccc(O)cc2)n[nH]1. The third-order valence-electron chi connectivity index (χ3n) is 2.91. The van der Waals surface area contributed by atoms with Crippen molar-refractivity contribution >= 4 is 5.91 Å². The van der Waals surface area contributed by atoms with Gasteiger partial charge in [0.2, 0.25) is 0 Å². The molecule has 20 heavy (non-hydrogen) atoms. The summed E-state index contributed by atoms with van der Waals surface area (Å²) < 4.78 is 0. The van der Waals surface area contributed by atoms with Crippen molar-refractivity contribution in [2.24, 2.45) is 0 Å². The van der Waals surface area contributed by atoms with Gasteiger partial charge in [-0.1, -0.05) is 12.1 Å². The second-order valence-electron chi connectivity index (χ2n) is 4.66. The van der Waals surface area contributed by atoms with E-state index in [-0.39, 0.29) is 18.3 Å². The van der Waals surface area contributed by atoms with Gasteiger partial charge < -0.3 is 15.5 Å². The highest BCUT2D eigenvalue weighted by molar-refractivity contribution is 5.92. The second-order valence-corrected chi connectivity index (χ2v) is 4.66. The molecule has 1 heterocycles.